The minimum absolute atomic E-state index is 0.795. The zero-order chi connectivity index (χ0) is 70.0. The molecule has 0 amide bonds. The van der Waals surface area contributed by atoms with Gasteiger partial charge in [-0.25, -0.2) is 4.70 Å². The van der Waals surface area contributed by atoms with Gasteiger partial charge in [-0.2, -0.15) is 0 Å². The standard InChI is InChI=1S/C48H72N2.2C23H47.Ni/c1-8-9-10-11-12-13-14-15-16-17-18-19-20-21-22-23-24-25-26-27-28-29-30-31-32-44-37-47(45-33-38(2)42(6)39(3)34-45)50(49)48(44)46-35-40(4)43(7)41(5)36-46;2*1-3-5-7-9-11-13-15-17-19-21-23-22-20-18-16-14-12-10-8-6-4-2;/h33-37H,8-30H2,1-7H3;2*1,3-23H2,2H3;. The molecule has 3 heteroatoms. The van der Waals surface area contributed by atoms with Gasteiger partial charge in [-0.1, -0.05) is 296 Å². The van der Waals surface area contributed by atoms with Crippen molar-refractivity contribution in [3.05, 3.63) is 86.0 Å². The van der Waals surface area contributed by atoms with E-state index in [1.165, 1.54) is 453 Å². The van der Waals surface area contributed by atoms with E-state index in [2.05, 4.69) is 119 Å². The van der Waals surface area contributed by atoms with Crippen LogP contribution in [0.2, 0.25) is 10.8 Å². The van der Waals surface area contributed by atoms with Gasteiger partial charge in [0.2, 0.25) is 11.4 Å². The molecule has 0 saturated carbocycles. The van der Waals surface area contributed by atoms with Crippen LogP contribution in [0.15, 0.2) is 35.9 Å². The Hall–Kier alpha value is -2.43. The molecule has 562 valence electrons. The Morgan fingerprint density at radius 1 is 0.278 bits per heavy atom. The van der Waals surface area contributed by atoms with E-state index in [4.69, 9.17) is 0 Å². The molecule has 0 spiro atoms. The maximum atomic E-state index is 11.6. The first kappa shape index (κ1) is 90.7. The van der Waals surface area contributed by atoms with Crippen LogP contribution in [0.1, 0.15) is 483 Å². The van der Waals surface area contributed by atoms with Crippen LogP contribution in [0.5, 0.6) is 0 Å². The summed E-state index contributed by atoms with van der Waals surface area (Å²) in [5, 5.41) is 2.87. The summed E-state index contributed by atoms with van der Waals surface area (Å²) >= 11 is 2.05. The van der Waals surface area contributed by atoms with E-state index in [1.807, 2.05) is 0 Å². The summed E-state index contributed by atoms with van der Waals surface area (Å²) in [5.41, 5.74) is 23.7. The van der Waals surface area contributed by atoms with E-state index in [1.54, 1.807) is 0 Å². The van der Waals surface area contributed by atoms with Gasteiger partial charge in [0.05, 0.1) is 0 Å². The molecule has 1 aliphatic rings. The molecule has 0 N–H and O–H groups in total. The maximum absolute atomic E-state index is 11.6. The Morgan fingerprint density at radius 2 is 0.485 bits per heavy atom. The van der Waals surface area contributed by atoms with E-state index < -0.39 is 0 Å². The number of unbranched alkanes of at least 4 members (excludes halogenated alkanes) is 62. The van der Waals surface area contributed by atoms with Crippen LogP contribution in [-0.4, -0.2) is 4.70 Å². The van der Waals surface area contributed by atoms with Crippen molar-refractivity contribution in [1.29, 1.82) is 0 Å². The third-order valence-corrected chi connectivity index (χ3v) is 23.3. The Morgan fingerprint density at radius 3 is 0.722 bits per heavy atom. The number of rotatable bonds is 68. The molecule has 0 aromatic heterocycles. The number of aryl methyl sites for hydroxylation is 4. The Kier molecular flexibility index (Phi) is 63.6. The summed E-state index contributed by atoms with van der Waals surface area (Å²) in [5.74, 6) is 6.93. The first-order chi connectivity index (χ1) is 47.7. The van der Waals surface area contributed by atoms with Gasteiger partial charge in [0.25, 0.3) is 0 Å². The number of nitrogens with zero attached hydrogens (tertiary/aromatic N) is 2. The van der Waals surface area contributed by atoms with E-state index in [0.29, 0.717) is 0 Å². The number of hydrogen-bond acceptors (Lipinski definition) is 0. The third-order valence-electron chi connectivity index (χ3n) is 21.9. The van der Waals surface area contributed by atoms with Crippen LogP contribution in [-0.2, 0) is 14.4 Å². The first-order valence-corrected chi connectivity index (χ1v) is 45.1. The summed E-state index contributed by atoms with van der Waals surface area (Å²) in [6, 6.07) is 8.73. The molecular formula is C94H166N2Ni. The number of benzene rings is 2. The number of hydrogen-bond donors (Lipinski definition) is 0. The van der Waals surface area contributed by atoms with Crippen molar-refractivity contribution in [2.45, 2.75) is 490 Å². The molecule has 2 aromatic rings. The molecule has 3 rings (SSSR count). The summed E-state index contributed by atoms with van der Waals surface area (Å²) in [7, 11) is 0. The minimum Gasteiger partial charge on any atom is -0.0654 e. The molecule has 2 aromatic carbocycles. The fraction of sp³-hybridized carbons (Fsp3) is 0.809. The van der Waals surface area contributed by atoms with Gasteiger partial charge < -0.3 is 5.53 Å². The smallest absolute Gasteiger partial charge is 0.0654 e. The average molecular weight is 1380 g/mol. The van der Waals surface area contributed by atoms with Gasteiger partial charge in [0.15, 0.2) is 0 Å². The molecule has 0 bridgehead atoms. The van der Waals surface area contributed by atoms with E-state index in [9.17, 15) is 5.53 Å². The predicted molar refractivity (Wildman–Crippen MR) is 434 cm³/mol. The first-order valence-electron chi connectivity index (χ1n) is 43.7. The van der Waals surface area contributed by atoms with E-state index >= 15 is 0 Å². The fourth-order valence-electron chi connectivity index (χ4n) is 14.7. The normalized spacial score (nSPS) is 12.3. The molecule has 97 heavy (non-hydrogen) atoms. The summed E-state index contributed by atoms with van der Waals surface area (Å²) in [4.78, 5) is 0. The van der Waals surface area contributed by atoms with Crippen molar-refractivity contribution in [3.8, 4) is 11.8 Å². The van der Waals surface area contributed by atoms with Crippen LogP contribution in [0.3, 0.4) is 0 Å². The van der Waals surface area contributed by atoms with Crippen LogP contribution in [0.4, 0.5) is 0 Å². The van der Waals surface area contributed by atoms with Gasteiger partial charge in [-0.15, -0.1) is 0 Å². The Balaban J connectivity index is 0.000000662. The second kappa shape index (κ2) is 68.0. The van der Waals surface area contributed by atoms with Crippen molar-refractivity contribution < 1.29 is 19.1 Å². The molecule has 0 unspecified atom stereocenters. The molecule has 0 atom stereocenters. The van der Waals surface area contributed by atoms with Crippen molar-refractivity contribution in [2.24, 2.45) is 0 Å². The Bertz CT molecular complexity index is 2160. The van der Waals surface area contributed by atoms with Crippen LogP contribution < -0.4 is 0 Å². The van der Waals surface area contributed by atoms with Crippen molar-refractivity contribution in [3.63, 3.8) is 0 Å². The fourth-order valence-corrected chi connectivity index (χ4v) is 15.9. The molecule has 1 aliphatic heterocycles. The topological polar surface area (TPSA) is 25.3 Å². The number of allylic oxidation sites excluding steroid dienone is 2. The second-order valence-electron chi connectivity index (χ2n) is 31.2. The van der Waals surface area contributed by atoms with Gasteiger partial charge in [-0.3, -0.25) is 0 Å². The zero-order valence-corrected chi connectivity index (χ0v) is 68.0. The van der Waals surface area contributed by atoms with Gasteiger partial charge in [0.1, 0.15) is 5.57 Å². The molecule has 2 nitrogen and oxygen atoms in total. The van der Waals surface area contributed by atoms with Crippen LogP contribution in [0.25, 0.3) is 16.9 Å². The summed E-state index contributed by atoms with van der Waals surface area (Å²) < 4.78 is 1.37. The SMILES string of the molecule is CCCCCCCCCCCCCCCCCCCCCCCCC#CC1=C(c2cc(C)c(C)c(C)c2)[N+](=[N-])C(c2cc(C)c(C)c(C)c2)=C1.CCCCCCCCCCCCCCCCCCCCCC[CH2][Ni][CH2]CCCCCCCCCCCCCCCCCCCCCC. The summed E-state index contributed by atoms with van der Waals surface area (Å²) in [6.07, 6.45) is 96.1. The average Bonchev–Trinajstić information content (AvgIpc) is 1.65. The molecule has 0 fully saturated rings. The predicted octanol–water partition coefficient (Wildman–Crippen LogP) is 33.7. The monoisotopic (exact) mass is 1380 g/mol. The van der Waals surface area contributed by atoms with Crippen molar-refractivity contribution >= 4 is 11.4 Å². The summed E-state index contributed by atoms with van der Waals surface area (Å²) in [6.45, 7) is 19.8. The molecule has 1 heterocycles. The molecule has 0 saturated heterocycles. The van der Waals surface area contributed by atoms with E-state index in [-0.39, 0.29) is 0 Å². The van der Waals surface area contributed by atoms with Gasteiger partial charge in [-0.05, 0) is 106 Å². The minimum atomic E-state index is 0.795. The Labute approximate surface area is 614 Å². The van der Waals surface area contributed by atoms with Crippen LogP contribution in [0, 0.1) is 53.4 Å². The van der Waals surface area contributed by atoms with Gasteiger partial charge in [0, 0.05) is 23.6 Å². The molecule has 0 radical (unpaired) electrons. The molecule has 0 aliphatic carbocycles. The van der Waals surface area contributed by atoms with Gasteiger partial charge >= 0.3 is 166 Å². The zero-order valence-electron chi connectivity index (χ0n) is 67.0. The molecular weight excluding hydrogens is 1220 g/mol. The van der Waals surface area contributed by atoms with Crippen LogP contribution >= 0.6 is 0 Å². The van der Waals surface area contributed by atoms with Crippen molar-refractivity contribution in [2.75, 3.05) is 0 Å². The van der Waals surface area contributed by atoms with E-state index in [0.717, 1.165) is 40.9 Å². The quantitative estimate of drug-likeness (QED) is 0.0273. The third kappa shape index (κ3) is 51.4. The second-order valence-corrected chi connectivity index (χ2v) is 32.6. The van der Waals surface area contributed by atoms with Crippen molar-refractivity contribution in [1.82, 2.24) is 0 Å².